The van der Waals surface area contributed by atoms with Crippen molar-refractivity contribution < 1.29 is 33.0 Å². The number of carboxylic acids is 1. The Bertz CT molecular complexity index is 835. The van der Waals surface area contributed by atoms with Gasteiger partial charge in [0, 0.05) is 6.20 Å². The molecule has 0 aliphatic carbocycles. The standard InChI is InChI=1S/C14H13ClF3N3O4/c1-2-8-10(12(23)20-9(5-22)13(24)25)21-4-6(14(16,17)18)3-7(15)11(21)19-8/h3-4,9,22H,2,5H2,1H3,(H,20,23)(H,24,25). The topological polar surface area (TPSA) is 104 Å². The number of rotatable bonds is 5. The zero-order valence-corrected chi connectivity index (χ0v) is 13.5. The van der Waals surface area contributed by atoms with Crippen molar-refractivity contribution >= 4 is 29.1 Å². The van der Waals surface area contributed by atoms with E-state index in [0.717, 1.165) is 4.40 Å². The number of aliphatic hydroxyl groups excluding tert-OH is 1. The highest BCUT2D eigenvalue weighted by molar-refractivity contribution is 6.33. The molecular weight excluding hydrogens is 367 g/mol. The summed E-state index contributed by atoms with van der Waals surface area (Å²) in [4.78, 5) is 27.3. The third-order valence-electron chi connectivity index (χ3n) is 3.41. The first-order valence-electron chi connectivity index (χ1n) is 7.02. The number of aliphatic hydroxyl groups is 1. The van der Waals surface area contributed by atoms with Gasteiger partial charge in [0.15, 0.2) is 11.7 Å². The fraction of sp³-hybridized carbons (Fsp3) is 0.357. The largest absolute Gasteiger partial charge is 0.480 e. The summed E-state index contributed by atoms with van der Waals surface area (Å²) in [5.41, 5.74) is -1.28. The highest BCUT2D eigenvalue weighted by Gasteiger charge is 2.33. The molecule has 2 aromatic heterocycles. The smallest absolute Gasteiger partial charge is 0.417 e. The molecule has 3 N–H and O–H groups in total. The van der Waals surface area contributed by atoms with E-state index in [-0.39, 0.29) is 28.5 Å². The van der Waals surface area contributed by atoms with Gasteiger partial charge in [0.05, 0.1) is 22.9 Å². The zero-order valence-electron chi connectivity index (χ0n) is 12.8. The third-order valence-corrected chi connectivity index (χ3v) is 3.69. The average molecular weight is 380 g/mol. The zero-order chi connectivity index (χ0) is 18.9. The maximum atomic E-state index is 13.0. The van der Waals surface area contributed by atoms with Gasteiger partial charge in [0.1, 0.15) is 5.69 Å². The van der Waals surface area contributed by atoms with Crippen LogP contribution in [0.4, 0.5) is 13.2 Å². The maximum absolute atomic E-state index is 13.0. The van der Waals surface area contributed by atoms with E-state index >= 15 is 0 Å². The van der Waals surface area contributed by atoms with Gasteiger partial charge in [0.2, 0.25) is 0 Å². The average Bonchev–Trinajstić information content (AvgIpc) is 2.90. The Hall–Kier alpha value is -2.33. The SMILES string of the molecule is CCc1nc2c(Cl)cc(C(F)(F)F)cn2c1C(=O)NC(CO)C(=O)O. The molecule has 2 aromatic rings. The molecule has 0 saturated carbocycles. The minimum atomic E-state index is -4.70. The van der Waals surface area contributed by atoms with Gasteiger partial charge in [-0.3, -0.25) is 9.20 Å². The molecule has 0 saturated heterocycles. The molecule has 2 rings (SSSR count). The number of fused-ring (bicyclic) bond motifs is 1. The number of hydrogen-bond acceptors (Lipinski definition) is 4. The first-order valence-corrected chi connectivity index (χ1v) is 7.40. The molecule has 0 fully saturated rings. The van der Waals surface area contributed by atoms with Gasteiger partial charge in [0.25, 0.3) is 5.91 Å². The van der Waals surface area contributed by atoms with Crippen LogP contribution >= 0.6 is 11.6 Å². The maximum Gasteiger partial charge on any atom is 0.417 e. The van der Waals surface area contributed by atoms with Crippen molar-refractivity contribution in [3.8, 4) is 0 Å². The van der Waals surface area contributed by atoms with Gasteiger partial charge in [-0.25, -0.2) is 9.78 Å². The van der Waals surface area contributed by atoms with Crippen LogP contribution in [-0.2, 0) is 17.4 Å². The Kier molecular flexibility index (Phi) is 5.23. The molecule has 2 heterocycles. The number of aliphatic carboxylic acids is 1. The number of carbonyl (C=O) groups is 2. The Morgan fingerprint density at radius 1 is 1.44 bits per heavy atom. The number of nitrogens with zero attached hydrogens (tertiary/aromatic N) is 2. The summed E-state index contributed by atoms with van der Waals surface area (Å²) in [7, 11) is 0. The molecule has 1 amide bonds. The number of hydrogen-bond donors (Lipinski definition) is 3. The molecule has 0 aromatic carbocycles. The van der Waals surface area contributed by atoms with Crippen molar-refractivity contribution in [2.75, 3.05) is 6.61 Å². The van der Waals surface area contributed by atoms with Crippen molar-refractivity contribution in [3.63, 3.8) is 0 Å². The highest BCUT2D eigenvalue weighted by Crippen LogP contribution is 2.33. The van der Waals surface area contributed by atoms with Crippen LogP contribution in [-0.4, -0.2) is 44.1 Å². The van der Waals surface area contributed by atoms with Crippen LogP contribution in [0.1, 0.15) is 28.7 Å². The lowest BCUT2D eigenvalue weighted by Crippen LogP contribution is -2.44. The van der Waals surface area contributed by atoms with Gasteiger partial charge in [-0.15, -0.1) is 0 Å². The highest BCUT2D eigenvalue weighted by atomic mass is 35.5. The number of imidazole rings is 1. The van der Waals surface area contributed by atoms with Crippen molar-refractivity contribution in [2.24, 2.45) is 0 Å². The summed E-state index contributed by atoms with van der Waals surface area (Å²) >= 11 is 5.85. The molecule has 1 atom stereocenters. The molecule has 25 heavy (non-hydrogen) atoms. The van der Waals surface area contributed by atoms with E-state index in [1.165, 1.54) is 0 Å². The predicted molar refractivity (Wildman–Crippen MR) is 80.6 cm³/mol. The van der Waals surface area contributed by atoms with Crippen molar-refractivity contribution in [3.05, 3.63) is 34.2 Å². The number of nitrogens with one attached hydrogen (secondary N) is 1. The Morgan fingerprint density at radius 2 is 2.08 bits per heavy atom. The number of halogens is 4. The summed E-state index contributed by atoms with van der Waals surface area (Å²) in [6.45, 7) is 0.742. The van der Waals surface area contributed by atoms with Crippen molar-refractivity contribution in [1.82, 2.24) is 14.7 Å². The third kappa shape index (κ3) is 3.69. The first-order chi connectivity index (χ1) is 11.6. The number of pyridine rings is 1. The number of carboxylic acid groups (broad SMARTS) is 1. The molecule has 7 nitrogen and oxygen atoms in total. The van der Waals surface area contributed by atoms with E-state index < -0.39 is 36.3 Å². The van der Waals surface area contributed by atoms with Crippen molar-refractivity contribution in [2.45, 2.75) is 25.6 Å². The molecule has 1 unspecified atom stereocenters. The van der Waals surface area contributed by atoms with Crippen molar-refractivity contribution in [1.29, 1.82) is 0 Å². The van der Waals surface area contributed by atoms with Crippen LogP contribution in [0, 0.1) is 0 Å². The number of aromatic nitrogens is 2. The quantitative estimate of drug-likeness (QED) is 0.734. The lowest BCUT2D eigenvalue weighted by molar-refractivity contribution is -0.140. The van der Waals surface area contributed by atoms with E-state index in [2.05, 4.69) is 4.98 Å². The minimum absolute atomic E-state index is 0.0625. The van der Waals surface area contributed by atoms with Gasteiger partial charge in [-0.2, -0.15) is 13.2 Å². The van der Waals surface area contributed by atoms with Gasteiger partial charge in [-0.05, 0) is 12.5 Å². The van der Waals surface area contributed by atoms with Gasteiger partial charge >= 0.3 is 12.1 Å². The summed E-state index contributed by atoms with van der Waals surface area (Å²) < 4.78 is 39.8. The summed E-state index contributed by atoms with van der Waals surface area (Å²) in [5.74, 6) is -2.47. The molecular formula is C14H13ClF3N3O4. The van der Waals surface area contributed by atoms with E-state index in [1.54, 1.807) is 6.92 Å². The Morgan fingerprint density at radius 3 is 2.56 bits per heavy atom. The van der Waals surface area contributed by atoms with Gasteiger partial charge < -0.3 is 15.5 Å². The molecule has 0 spiro atoms. The molecule has 136 valence electrons. The fourth-order valence-electron chi connectivity index (χ4n) is 2.21. The Labute approximate surface area is 144 Å². The number of carbonyl (C=O) groups excluding carboxylic acids is 1. The first kappa shape index (κ1) is 19.0. The number of alkyl halides is 3. The predicted octanol–water partition coefficient (Wildman–Crippen LogP) is 1.74. The van der Waals surface area contributed by atoms with E-state index in [0.29, 0.717) is 12.3 Å². The number of aryl methyl sites for hydroxylation is 1. The second-order valence-corrected chi connectivity index (χ2v) is 5.48. The summed E-state index contributed by atoms with van der Waals surface area (Å²) in [6, 6.07) is -0.914. The lowest BCUT2D eigenvalue weighted by Gasteiger charge is -2.13. The molecule has 11 heteroatoms. The van der Waals surface area contributed by atoms with Crippen LogP contribution in [0.5, 0.6) is 0 Å². The Balaban J connectivity index is 2.63. The molecule has 0 aliphatic heterocycles. The number of amides is 1. The summed E-state index contributed by atoms with van der Waals surface area (Å²) in [5, 5.41) is 19.6. The molecule has 0 aliphatic rings. The normalized spacial score (nSPS) is 13.0. The minimum Gasteiger partial charge on any atom is -0.480 e. The van der Waals surface area contributed by atoms with Crippen LogP contribution in [0.15, 0.2) is 12.3 Å². The van der Waals surface area contributed by atoms with E-state index in [1.807, 2.05) is 5.32 Å². The lowest BCUT2D eigenvalue weighted by atomic mass is 10.2. The summed E-state index contributed by atoms with van der Waals surface area (Å²) in [6.07, 6.45) is -3.84. The van der Waals surface area contributed by atoms with Crippen LogP contribution in [0.2, 0.25) is 5.02 Å². The van der Waals surface area contributed by atoms with Crippen LogP contribution in [0.3, 0.4) is 0 Å². The second kappa shape index (κ2) is 6.89. The fourth-order valence-corrected chi connectivity index (χ4v) is 2.46. The second-order valence-electron chi connectivity index (χ2n) is 5.08. The van der Waals surface area contributed by atoms with Gasteiger partial charge in [-0.1, -0.05) is 18.5 Å². The van der Waals surface area contributed by atoms with E-state index in [9.17, 15) is 22.8 Å². The molecule has 0 radical (unpaired) electrons. The monoisotopic (exact) mass is 379 g/mol. The van der Waals surface area contributed by atoms with E-state index in [4.69, 9.17) is 21.8 Å². The molecule has 0 bridgehead atoms. The van der Waals surface area contributed by atoms with Crippen LogP contribution < -0.4 is 5.32 Å². The van der Waals surface area contributed by atoms with Crippen LogP contribution in [0.25, 0.3) is 5.65 Å².